The van der Waals surface area contributed by atoms with Crippen LogP contribution in [0.4, 0.5) is 4.79 Å². The Morgan fingerprint density at radius 1 is 2.00 bits per heavy atom. The van der Waals surface area contributed by atoms with Crippen molar-refractivity contribution >= 4 is 32.7 Å². The van der Waals surface area contributed by atoms with Gasteiger partial charge in [0, 0.05) is 0 Å². The molecule has 0 fully saturated rings. The van der Waals surface area contributed by atoms with Gasteiger partial charge >= 0.3 is 37.4 Å². The van der Waals surface area contributed by atoms with E-state index in [-0.39, 0.29) is 4.01 Å². The van der Waals surface area contributed by atoms with Crippen LogP contribution < -0.4 is 0 Å². The molecule has 0 aromatic carbocycles. The molecule has 0 aliphatic rings. The molecule has 0 spiro atoms. The van der Waals surface area contributed by atoms with E-state index < -0.39 is 0 Å². The molecule has 0 aromatic heterocycles. The molecule has 0 saturated carbocycles. The molecule has 0 unspecified atom stereocenters. The first kappa shape index (κ1) is 4.54. The zero-order valence-electron chi connectivity index (χ0n) is 1.76. The third kappa shape index (κ3) is 20.7. The molecule has 1 radical (unpaired) electrons. The van der Waals surface area contributed by atoms with E-state index in [0.717, 1.165) is 0 Å². The van der Waals surface area contributed by atoms with E-state index in [4.69, 9.17) is 0 Å². The van der Waals surface area contributed by atoms with E-state index in [2.05, 4.69) is 28.6 Å². The van der Waals surface area contributed by atoms with Crippen molar-refractivity contribution in [1.29, 1.82) is 0 Å². The first-order valence-electron chi connectivity index (χ1n) is 0.632. The predicted octanol–water partition coefficient (Wildman–Crippen LogP) is 0.205. The van der Waals surface area contributed by atoms with Crippen molar-refractivity contribution < 1.29 is 4.79 Å². The average Bonchev–Trinajstić information content (AvgIpc) is 0.811. The van der Waals surface area contributed by atoms with Crippen molar-refractivity contribution in [2.45, 2.75) is 0 Å². The second-order valence-electron chi connectivity index (χ2n) is 0.266. The summed E-state index contributed by atoms with van der Waals surface area (Å²) in [6, 6.07) is 0. The molecule has 0 rings (SSSR count). The zero-order valence-corrected chi connectivity index (χ0v) is 4.37. The van der Waals surface area contributed by atoms with Crippen LogP contribution in [0.5, 0.6) is 0 Å². The van der Waals surface area contributed by atoms with Crippen molar-refractivity contribution in [3.63, 3.8) is 0 Å². The van der Waals surface area contributed by atoms with E-state index in [1.807, 2.05) is 0 Å². The Bertz CT molecular complexity index is 31.0. The molecule has 0 aliphatic heterocycles. The van der Waals surface area contributed by atoms with Gasteiger partial charge in [-0.15, -0.1) is 0 Å². The topological polar surface area (TPSA) is 17.1 Å². The Morgan fingerprint density at radius 2 is 2.00 bits per heavy atom. The summed E-state index contributed by atoms with van der Waals surface area (Å²) in [4.78, 5) is 9.25. The molecule has 23 valence electrons. The Morgan fingerprint density at radius 3 is 2.00 bits per heavy atom. The van der Waals surface area contributed by atoms with Crippen molar-refractivity contribution in [1.82, 2.24) is 0 Å². The molecular formula is CHOSSe. The van der Waals surface area contributed by atoms with Gasteiger partial charge < -0.3 is 0 Å². The monoisotopic (exact) mass is 141 g/mol. The summed E-state index contributed by atoms with van der Waals surface area (Å²) in [5.41, 5.74) is 0. The van der Waals surface area contributed by atoms with Gasteiger partial charge in [-0.2, -0.15) is 0 Å². The van der Waals surface area contributed by atoms with Crippen molar-refractivity contribution in [2.24, 2.45) is 0 Å². The minimum atomic E-state index is -0.264. The number of carbonyl (C=O) groups excluding carboxylic acids is 1. The van der Waals surface area contributed by atoms with Crippen LogP contribution in [0.25, 0.3) is 0 Å². The van der Waals surface area contributed by atoms with Gasteiger partial charge in [0.2, 0.25) is 0 Å². The van der Waals surface area contributed by atoms with Gasteiger partial charge in [0.15, 0.2) is 0 Å². The van der Waals surface area contributed by atoms with Crippen LogP contribution in [-0.4, -0.2) is 20.0 Å². The second kappa shape index (κ2) is 1.82. The van der Waals surface area contributed by atoms with E-state index in [1.54, 1.807) is 0 Å². The van der Waals surface area contributed by atoms with Crippen LogP contribution in [-0.2, 0) is 0 Å². The maximum absolute atomic E-state index is 9.25. The third-order valence-electron chi connectivity index (χ3n) is 0. The third-order valence-corrected chi connectivity index (χ3v) is 0. The number of hydrogen-bond acceptors (Lipinski definition) is 1. The summed E-state index contributed by atoms with van der Waals surface area (Å²) >= 11 is 5.40. The second-order valence-corrected chi connectivity index (χ2v) is 2.13. The summed E-state index contributed by atoms with van der Waals surface area (Å²) in [6.45, 7) is 0. The van der Waals surface area contributed by atoms with E-state index >= 15 is 0 Å². The van der Waals surface area contributed by atoms with Gasteiger partial charge in [-0.3, -0.25) is 0 Å². The Hall–Kier alpha value is 0.539. The summed E-state index contributed by atoms with van der Waals surface area (Å²) in [5.74, 6) is 0. The molecule has 0 aliphatic carbocycles. The molecule has 0 saturated heterocycles. The van der Waals surface area contributed by atoms with Crippen LogP contribution in [0, 0.1) is 0 Å². The van der Waals surface area contributed by atoms with Crippen molar-refractivity contribution in [2.75, 3.05) is 0 Å². The zero-order chi connectivity index (χ0) is 3.58. The fourth-order valence-electron chi connectivity index (χ4n) is 0. The standard InChI is InChI=1S/CHOSSe/c2-1(3)4/h(H,2,3). The van der Waals surface area contributed by atoms with Crippen molar-refractivity contribution in [3.05, 3.63) is 0 Å². The van der Waals surface area contributed by atoms with Crippen LogP contribution >= 0.6 is 12.6 Å². The molecule has 0 N–H and O–H groups in total. The molecule has 0 amide bonds. The Balaban J connectivity index is 2.80. The number of hydrogen-bond donors (Lipinski definition) is 1. The molecule has 0 atom stereocenters. The normalized spacial score (nSPS) is 6.25. The fourth-order valence-corrected chi connectivity index (χ4v) is 0. The summed E-state index contributed by atoms with van der Waals surface area (Å²) < 4.78 is -0.264. The minimum absolute atomic E-state index is 0.264. The fraction of sp³-hybridized carbons (Fsp3) is 0. The van der Waals surface area contributed by atoms with Gasteiger partial charge in [0.05, 0.1) is 0 Å². The molecule has 3 heteroatoms. The van der Waals surface area contributed by atoms with E-state index in [0.29, 0.717) is 0 Å². The first-order chi connectivity index (χ1) is 1.73. The SMILES string of the molecule is O=C(S)[Se]. The Labute approximate surface area is 38.0 Å². The number of thiol groups is 1. The van der Waals surface area contributed by atoms with Gasteiger partial charge in [-0.25, -0.2) is 0 Å². The predicted molar refractivity (Wildman–Crippen MR) is 20.1 cm³/mol. The molecular weight excluding hydrogens is 139 g/mol. The molecule has 0 bridgehead atoms. The van der Waals surface area contributed by atoms with E-state index in [9.17, 15) is 4.79 Å². The van der Waals surface area contributed by atoms with Gasteiger partial charge in [0.25, 0.3) is 0 Å². The van der Waals surface area contributed by atoms with Crippen LogP contribution in [0.15, 0.2) is 0 Å². The van der Waals surface area contributed by atoms with Crippen LogP contribution in [0.3, 0.4) is 0 Å². The quantitative estimate of drug-likeness (QED) is 0.376. The first-order valence-corrected chi connectivity index (χ1v) is 1.94. The number of carbonyl (C=O) groups is 1. The summed E-state index contributed by atoms with van der Waals surface area (Å²) in [6.07, 6.45) is 0. The van der Waals surface area contributed by atoms with Crippen molar-refractivity contribution in [3.8, 4) is 0 Å². The van der Waals surface area contributed by atoms with E-state index in [1.165, 1.54) is 0 Å². The molecule has 1 nitrogen and oxygen atoms in total. The van der Waals surface area contributed by atoms with Gasteiger partial charge in [0.1, 0.15) is 0 Å². The van der Waals surface area contributed by atoms with Crippen LogP contribution in [0.1, 0.15) is 0 Å². The Kier molecular flexibility index (Phi) is 2.07. The maximum atomic E-state index is 9.25. The molecule has 0 aromatic rings. The molecule has 0 heterocycles. The molecule has 4 heavy (non-hydrogen) atoms. The number of rotatable bonds is 0. The van der Waals surface area contributed by atoms with Gasteiger partial charge in [-0.1, -0.05) is 0 Å². The summed E-state index contributed by atoms with van der Waals surface area (Å²) in [5, 5.41) is 0. The van der Waals surface area contributed by atoms with Gasteiger partial charge in [-0.05, 0) is 0 Å². The summed E-state index contributed by atoms with van der Waals surface area (Å²) in [7, 11) is 0. The average molecular weight is 140 g/mol. The van der Waals surface area contributed by atoms with Crippen LogP contribution in [0.2, 0.25) is 0 Å².